The Morgan fingerprint density at radius 1 is 0.283 bits per heavy atom. The summed E-state index contributed by atoms with van der Waals surface area (Å²) in [7, 11) is -16.4. The molecule has 0 aliphatic carbocycles. The first-order chi connectivity index (χ1) is 22.7. The van der Waals surface area contributed by atoms with Gasteiger partial charge >= 0.3 is 0 Å². The highest BCUT2D eigenvalue weighted by molar-refractivity contribution is 8.87. The van der Waals surface area contributed by atoms with Crippen molar-refractivity contribution in [1.29, 1.82) is 0 Å². The summed E-state index contributed by atoms with van der Waals surface area (Å²) in [5, 5.41) is 1.28. The predicted molar refractivity (Wildman–Crippen MR) is 284 cm³/mol. The van der Waals surface area contributed by atoms with E-state index in [1.54, 1.807) is 25.7 Å². The van der Waals surface area contributed by atoms with E-state index in [0.29, 0.717) is 10.1 Å². The summed E-state index contributed by atoms with van der Waals surface area (Å²) >= 11 is 0. The highest BCUT2D eigenvalue weighted by Crippen LogP contribution is 3.16. The van der Waals surface area contributed by atoms with Crippen molar-refractivity contribution in [3.05, 3.63) is 0 Å². The van der Waals surface area contributed by atoms with Crippen molar-refractivity contribution < 1.29 is 0 Å². The summed E-state index contributed by atoms with van der Waals surface area (Å²) in [4.78, 5) is 0. The lowest BCUT2D eigenvalue weighted by Crippen LogP contribution is -2.83. The SMILES string of the molecule is CC(C)(C)[Si]12[Si]3(C([Si](C)(C)C)([Si](C)(C)C)CCC3([Si](C)(C)C)[Si](C)(C)C)[Si]13[Si]1(C([Si](C)(C)C)([Si](C)(C)C)CCC1([Si](C)(C)C)[Si](C)(C)C)[Si]23C(C)(C)C. The number of hydrogen-bond acceptors (Lipinski definition) is 0. The van der Waals surface area contributed by atoms with E-state index >= 15 is 0 Å². The molecular weight excluding hydrogens is 846 g/mol. The van der Waals surface area contributed by atoms with Crippen molar-refractivity contribution in [3.8, 4) is 0 Å². The summed E-state index contributed by atoms with van der Waals surface area (Å²) in [6, 6.07) is 0. The molecule has 310 valence electrons. The fourth-order valence-corrected chi connectivity index (χ4v) is 679. The summed E-state index contributed by atoms with van der Waals surface area (Å²) in [6.45, 7) is 88.8. The molecule has 2 atom stereocenters. The molecule has 53 heavy (non-hydrogen) atoms. The van der Waals surface area contributed by atoms with Gasteiger partial charge in [0.1, 0.15) is 0 Å². The highest BCUT2D eigenvalue weighted by atomic mass is 31.1. The minimum absolute atomic E-state index is 0.639. The molecule has 5 saturated heterocycles. The van der Waals surface area contributed by atoms with Crippen molar-refractivity contribution >= 4 is 98.2 Å². The standard InChI is InChI=1S/C40H98Si13/c1-35(2,3)51-49(37(41(7,8)9,42(10,11)12)31-32-38(49,43(13,14)15)44(16,17)18)53(51)50(52(51,53)36(4,5)6)39(45(19,20)21,46(22,23)24)33-34-40(50,47(25,26)27)48(28,29)30/h31-34H2,1-30H3. The number of rotatable bonds is 8. The van der Waals surface area contributed by atoms with Crippen molar-refractivity contribution in [2.75, 3.05) is 0 Å². The fourth-order valence-electron chi connectivity index (χ4n) is 23.1. The van der Waals surface area contributed by atoms with E-state index < -0.39 is 98.2 Å². The molecule has 0 aromatic carbocycles. The molecule has 5 rings (SSSR count). The quantitative estimate of drug-likeness (QED) is 0.213. The molecule has 5 aliphatic rings. The highest BCUT2D eigenvalue weighted by Gasteiger charge is 3.40. The largest absolute Gasteiger partial charge is 0.0696 e. The summed E-state index contributed by atoms with van der Waals surface area (Å²) in [6.07, 6.45) is 5.37. The molecule has 5 heterocycles. The molecule has 0 bridgehead atoms. The van der Waals surface area contributed by atoms with Gasteiger partial charge in [-0.3, -0.25) is 0 Å². The molecule has 5 fully saturated rings. The molecule has 0 aromatic heterocycles. The lowest BCUT2D eigenvalue weighted by molar-refractivity contribution is 0.731. The third-order valence-corrected chi connectivity index (χ3v) is 284. The zero-order chi connectivity index (χ0) is 42.3. The van der Waals surface area contributed by atoms with Gasteiger partial charge < -0.3 is 0 Å². The van der Waals surface area contributed by atoms with Crippen molar-refractivity contribution in [3.63, 3.8) is 0 Å². The fraction of sp³-hybridized carbons (Fsp3) is 1.00. The molecule has 13 heteroatoms. The Hall–Kier alpha value is 2.82. The van der Waals surface area contributed by atoms with Crippen LogP contribution < -0.4 is 0 Å². The van der Waals surface area contributed by atoms with E-state index in [2.05, 4.69) is 199 Å². The van der Waals surface area contributed by atoms with Crippen molar-refractivity contribution in [1.82, 2.24) is 0 Å². The molecule has 0 radical (unpaired) electrons. The summed E-state index contributed by atoms with van der Waals surface area (Å²) < 4.78 is 3.48. The maximum absolute atomic E-state index is 3.07. The zero-order valence-corrected chi connectivity index (χ0v) is 55.3. The number of fused-ring (bicyclic) bond motifs is 3. The second-order valence-electron chi connectivity index (χ2n) is 30.9. The van der Waals surface area contributed by atoms with E-state index in [0.717, 1.165) is 17.1 Å². The van der Waals surface area contributed by atoms with Gasteiger partial charge in [-0.2, -0.15) is 0 Å². The van der Waals surface area contributed by atoms with Crippen LogP contribution in [0.5, 0.6) is 0 Å². The Labute approximate surface area is 346 Å². The molecule has 2 unspecified atom stereocenters. The van der Waals surface area contributed by atoms with Crippen LogP contribution in [0, 0.1) is 0 Å². The van der Waals surface area contributed by atoms with Crippen molar-refractivity contribution in [2.45, 2.75) is 252 Å². The van der Waals surface area contributed by atoms with E-state index in [1.807, 2.05) is 0 Å². The van der Waals surface area contributed by atoms with Crippen LogP contribution in [0.1, 0.15) is 67.2 Å². The normalized spacial score (nSPS) is 34.3. The van der Waals surface area contributed by atoms with Crippen LogP contribution in [0.4, 0.5) is 0 Å². The molecule has 0 N–H and O–H groups in total. The minimum Gasteiger partial charge on any atom is -0.0696 e. The second kappa shape index (κ2) is 10.9. The maximum atomic E-state index is 3.07. The van der Waals surface area contributed by atoms with Crippen LogP contribution in [0.15, 0.2) is 0 Å². The maximum Gasteiger partial charge on any atom is 0.0447 e. The van der Waals surface area contributed by atoms with Crippen LogP contribution in [0.2, 0.25) is 184 Å². The molecular formula is C40H98Si13. The first-order valence-electron chi connectivity index (χ1n) is 22.7. The summed E-state index contributed by atoms with van der Waals surface area (Å²) in [5.74, 6) is 0. The van der Waals surface area contributed by atoms with Gasteiger partial charge in [-0.25, -0.2) is 0 Å². The van der Waals surface area contributed by atoms with Crippen LogP contribution in [0.3, 0.4) is 0 Å². The van der Waals surface area contributed by atoms with Crippen LogP contribution in [-0.2, 0) is 0 Å². The van der Waals surface area contributed by atoms with Gasteiger partial charge in [0.25, 0.3) is 0 Å². The Bertz CT molecular complexity index is 1300. The third kappa shape index (κ3) is 3.83. The van der Waals surface area contributed by atoms with Gasteiger partial charge in [0.2, 0.25) is 0 Å². The van der Waals surface area contributed by atoms with E-state index in [4.69, 9.17) is 0 Å². The average molecular weight is 944 g/mol. The van der Waals surface area contributed by atoms with Gasteiger partial charge in [0.15, 0.2) is 0 Å². The monoisotopic (exact) mass is 942 g/mol. The summed E-state index contributed by atoms with van der Waals surface area (Å²) in [5.41, 5.74) is 0. The van der Waals surface area contributed by atoms with Gasteiger partial charge in [-0.15, -0.1) is 0 Å². The van der Waals surface area contributed by atoms with Crippen LogP contribution in [-0.4, -0.2) is 98.2 Å². The van der Waals surface area contributed by atoms with Gasteiger partial charge in [0.05, 0.1) is 0 Å². The Balaban J connectivity index is 2.32. The van der Waals surface area contributed by atoms with E-state index in [9.17, 15) is 0 Å². The van der Waals surface area contributed by atoms with Crippen LogP contribution >= 0.6 is 0 Å². The van der Waals surface area contributed by atoms with E-state index in [-0.39, 0.29) is 0 Å². The third-order valence-electron chi connectivity index (χ3n) is 20.6. The smallest absolute Gasteiger partial charge is 0.0447 e. The predicted octanol–water partition coefficient (Wildman–Crippen LogP) is 15.0. The van der Waals surface area contributed by atoms with Gasteiger partial charge in [-0.1, -0.05) is 224 Å². The average Bonchev–Trinajstić information content (AvgIpc) is 3.59. The topological polar surface area (TPSA) is 0 Å². The van der Waals surface area contributed by atoms with Crippen molar-refractivity contribution in [2.24, 2.45) is 0 Å². The molecule has 0 amide bonds. The second-order valence-corrected chi connectivity index (χ2v) is 146. The molecule has 0 nitrogen and oxygen atoms in total. The number of hydrogen-bond donors (Lipinski definition) is 0. The first-order valence-corrected chi connectivity index (χ1v) is 67.7. The lowest BCUT2D eigenvalue weighted by atomic mass is 10.2. The Morgan fingerprint density at radius 2 is 0.415 bits per heavy atom. The van der Waals surface area contributed by atoms with E-state index in [1.165, 1.54) is 0 Å². The lowest BCUT2D eigenvalue weighted by Gasteiger charge is -2.69. The first kappa shape index (κ1) is 46.9. The minimum atomic E-state index is -1.81. The van der Waals surface area contributed by atoms with Gasteiger partial charge in [-0.05, 0) is 27.2 Å². The Morgan fingerprint density at radius 3 is 0.509 bits per heavy atom. The molecule has 0 saturated carbocycles. The Kier molecular flexibility index (Phi) is 9.62. The van der Waals surface area contributed by atoms with Crippen LogP contribution in [0.25, 0.3) is 0 Å². The molecule has 0 aromatic rings. The van der Waals surface area contributed by atoms with Gasteiger partial charge in [0, 0.05) is 98.2 Å². The zero-order valence-electron chi connectivity index (χ0n) is 42.3. The molecule has 3 spiro atoms. The molecule has 5 aliphatic heterocycles.